The maximum atomic E-state index is 6.78. The van der Waals surface area contributed by atoms with Crippen LogP contribution in [-0.4, -0.2) is 19.4 Å². The molecule has 2 nitrogen and oxygen atoms in total. The Kier molecular flexibility index (Phi) is 9.26. The van der Waals surface area contributed by atoms with E-state index < -0.39 is 8.32 Å². The van der Waals surface area contributed by atoms with Gasteiger partial charge in [-0.25, -0.2) is 4.98 Å². The molecular formula is C18H30INOSSi. The molecule has 1 unspecified atom stereocenters. The third-order valence-corrected chi connectivity index (χ3v) is 10.3. The molecule has 0 amide bonds. The van der Waals surface area contributed by atoms with E-state index in [1.807, 2.05) is 0 Å². The number of hydrogen-bond donors (Lipinski definition) is 0. The van der Waals surface area contributed by atoms with Gasteiger partial charge < -0.3 is 4.43 Å². The zero-order chi connectivity index (χ0) is 17.5. The average Bonchev–Trinajstić information content (AvgIpc) is 2.93. The summed E-state index contributed by atoms with van der Waals surface area (Å²) in [5.41, 5.74) is 2.35. The van der Waals surface area contributed by atoms with Gasteiger partial charge in [-0.2, -0.15) is 0 Å². The normalized spacial score (nSPS) is 15.1. The first-order valence-corrected chi connectivity index (χ1v) is 12.9. The van der Waals surface area contributed by atoms with Gasteiger partial charge >= 0.3 is 0 Å². The van der Waals surface area contributed by atoms with E-state index in [4.69, 9.17) is 4.43 Å². The van der Waals surface area contributed by atoms with Crippen molar-refractivity contribution in [1.29, 1.82) is 0 Å². The number of aromatic nitrogens is 1. The Bertz CT molecular complexity index is 537. The summed E-state index contributed by atoms with van der Waals surface area (Å²) in [6, 6.07) is 3.56. The van der Waals surface area contributed by atoms with E-state index in [2.05, 4.69) is 86.6 Å². The Labute approximate surface area is 160 Å². The standard InChI is InChI=1S/C18H30INOSSi/c1-7-23(8-2,9-3)21-18(11-10-15(5)19)14(4)12-17-13-22-16(6)20-17/h10,12-13,18H,7-9,11H2,1-6H3/b14-12+,15-10-. The Hall–Kier alpha value is 0.0169. The van der Waals surface area contributed by atoms with Crippen molar-refractivity contribution in [2.24, 2.45) is 0 Å². The minimum Gasteiger partial charge on any atom is -0.410 e. The van der Waals surface area contributed by atoms with Crippen LogP contribution in [0.2, 0.25) is 18.1 Å². The molecule has 1 aromatic rings. The summed E-state index contributed by atoms with van der Waals surface area (Å²) >= 11 is 4.08. The van der Waals surface area contributed by atoms with Gasteiger partial charge in [0.05, 0.1) is 16.8 Å². The lowest BCUT2D eigenvalue weighted by molar-refractivity contribution is 0.225. The summed E-state index contributed by atoms with van der Waals surface area (Å²) in [4.78, 5) is 4.57. The topological polar surface area (TPSA) is 22.1 Å². The lowest BCUT2D eigenvalue weighted by Crippen LogP contribution is -2.40. The van der Waals surface area contributed by atoms with Crippen LogP contribution < -0.4 is 0 Å². The summed E-state index contributed by atoms with van der Waals surface area (Å²) in [5, 5.41) is 3.24. The van der Waals surface area contributed by atoms with Crippen LogP contribution in [0.5, 0.6) is 0 Å². The average molecular weight is 464 g/mol. The van der Waals surface area contributed by atoms with Crippen molar-refractivity contribution in [2.45, 2.75) is 72.2 Å². The quantitative estimate of drug-likeness (QED) is 0.291. The second-order valence-corrected chi connectivity index (χ2v) is 13.5. The van der Waals surface area contributed by atoms with Crippen molar-refractivity contribution in [3.8, 4) is 0 Å². The number of nitrogens with zero attached hydrogens (tertiary/aromatic N) is 1. The lowest BCUT2D eigenvalue weighted by Gasteiger charge is -2.33. The maximum absolute atomic E-state index is 6.78. The molecule has 0 saturated carbocycles. The van der Waals surface area contributed by atoms with E-state index in [1.54, 1.807) is 11.3 Å². The van der Waals surface area contributed by atoms with Gasteiger partial charge in [-0.1, -0.05) is 26.8 Å². The fourth-order valence-electron chi connectivity index (χ4n) is 2.67. The molecule has 23 heavy (non-hydrogen) atoms. The predicted molar refractivity (Wildman–Crippen MR) is 115 cm³/mol. The summed E-state index contributed by atoms with van der Waals surface area (Å²) in [6.45, 7) is 13.3. The van der Waals surface area contributed by atoms with Gasteiger partial charge in [0.15, 0.2) is 8.32 Å². The van der Waals surface area contributed by atoms with Crippen LogP contribution in [0.3, 0.4) is 0 Å². The number of rotatable bonds is 9. The first-order valence-electron chi connectivity index (χ1n) is 8.46. The van der Waals surface area contributed by atoms with E-state index >= 15 is 0 Å². The summed E-state index contributed by atoms with van der Waals surface area (Å²) < 4.78 is 8.10. The van der Waals surface area contributed by atoms with Crippen molar-refractivity contribution < 1.29 is 4.43 Å². The fraction of sp³-hybridized carbons (Fsp3) is 0.611. The van der Waals surface area contributed by atoms with Crippen molar-refractivity contribution in [2.75, 3.05) is 0 Å². The lowest BCUT2D eigenvalue weighted by atomic mass is 10.1. The molecule has 0 radical (unpaired) electrons. The SMILES string of the molecule is CC[Si](CC)(CC)OC(C/C=C(/C)I)/C(C)=C/c1csc(C)n1. The fourth-order valence-corrected chi connectivity index (χ4v) is 6.38. The second kappa shape index (κ2) is 10.1. The highest BCUT2D eigenvalue weighted by atomic mass is 127. The Morgan fingerprint density at radius 3 is 2.35 bits per heavy atom. The van der Waals surface area contributed by atoms with Gasteiger partial charge in [0.25, 0.3) is 0 Å². The van der Waals surface area contributed by atoms with Crippen molar-refractivity contribution in [3.05, 3.63) is 31.3 Å². The highest BCUT2D eigenvalue weighted by Crippen LogP contribution is 2.28. The zero-order valence-electron chi connectivity index (χ0n) is 15.3. The van der Waals surface area contributed by atoms with Gasteiger partial charge in [-0.3, -0.25) is 0 Å². The van der Waals surface area contributed by atoms with Gasteiger partial charge in [0, 0.05) is 5.38 Å². The third-order valence-electron chi connectivity index (χ3n) is 4.46. The van der Waals surface area contributed by atoms with Crippen molar-refractivity contribution in [1.82, 2.24) is 4.98 Å². The van der Waals surface area contributed by atoms with Crippen LogP contribution in [0.15, 0.2) is 20.6 Å². The third kappa shape index (κ3) is 6.80. The minimum absolute atomic E-state index is 0.174. The molecule has 1 heterocycles. The van der Waals surface area contributed by atoms with Crippen molar-refractivity contribution >= 4 is 48.3 Å². The summed E-state index contributed by atoms with van der Waals surface area (Å²) in [6.07, 6.45) is 5.61. The molecule has 5 heteroatoms. The van der Waals surface area contributed by atoms with Gasteiger partial charge in [-0.05, 0) is 83.1 Å². The van der Waals surface area contributed by atoms with E-state index in [9.17, 15) is 0 Å². The summed E-state index contributed by atoms with van der Waals surface area (Å²) in [7, 11) is -1.62. The number of allylic oxidation sites excluding steroid dienone is 1. The number of halogens is 1. The van der Waals surface area contributed by atoms with E-state index in [0.29, 0.717) is 0 Å². The van der Waals surface area contributed by atoms with E-state index in [1.165, 1.54) is 27.3 Å². The molecular weight excluding hydrogens is 433 g/mol. The van der Waals surface area contributed by atoms with Crippen LogP contribution in [0.25, 0.3) is 6.08 Å². The van der Waals surface area contributed by atoms with Crippen molar-refractivity contribution in [3.63, 3.8) is 0 Å². The van der Waals surface area contributed by atoms with Crippen LogP contribution in [0.4, 0.5) is 0 Å². The largest absolute Gasteiger partial charge is 0.410 e. The van der Waals surface area contributed by atoms with Crippen LogP contribution in [-0.2, 0) is 4.43 Å². The van der Waals surface area contributed by atoms with Crippen LogP contribution >= 0.6 is 33.9 Å². The highest BCUT2D eigenvalue weighted by Gasteiger charge is 2.32. The molecule has 1 aromatic heterocycles. The van der Waals surface area contributed by atoms with Gasteiger partial charge in [0.1, 0.15) is 0 Å². The second-order valence-electron chi connectivity index (χ2n) is 6.06. The highest BCUT2D eigenvalue weighted by molar-refractivity contribution is 14.1. The number of thiazole rings is 1. The molecule has 0 aliphatic heterocycles. The molecule has 1 rings (SSSR count). The van der Waals surface area contributed by atoms with Gasteiger partial charge in [-0.15, -0.1) is 11.3 Å². The first-order chi connectivity index (χ1) is 10.9. The minimum atomic E-state index is -1.62. The molecule has 0 aliphatic rings. The molecule has 0 fully saturated rings. The summed E-state index contributed by atoms with van der Waals surface area (Å²) in [5.74, 6) is 0. The predicted octanol–water partition coefficient (Wildman–Crippen LogP) is 6.97. The van der Waals surface area contributed by atoms with E-state index in [-0.39, 0.29) is 6.10 Å². The van der Waals surface area contributed by atoms with Gasteiger partial charge in [0.2, 0.25) is 0 Å². The first kappa shape index (κ1) is 21.1. The Morgan fingerprint density at radius 2 is 1.91 bits per heavy atom. The Morgan fingerprint density at radius 1 is 1.30 bits per heavy atom. The zero-order valence-corrected chi connectivity index (χ0v) is 19.3. The van der Waals surface area contributed by atoms with E-state index in [0.717, 1.165) is 17.1 Å². The maximum Gasteiger partial charge on any atom is 0.192 e. The monoisotopic (exact) mass is 463 g/mol. The number of aryl methyl sites for hydroxylation is 1. The molecule has 0 aromatic carbocycles. The molecule has 0 spiro atoms. The smallest absolute Gasteiger partial charge is 0.192 e. The molecule has 1 atom stereocenters. The molecule has 0 N–H and O–H groups in total. The molecule has 0 aliphatic carbocycles. The van der Waals surface area contributed by atoms with Crippen LogP contribution in [0.1, 0.15) is 51.7 Å². The number of hydrogen-bond acceptors (Lipinski definition) is 3. The molecule has 0 saturated heterocycles. The Balaban J connectivity index is 3.03. The molecule has 130 valence electrons. The molecule has 0 bridgehead atoms. The van der Waals surface area contributed by atoms with Crippen LogP contribution in [0, 0.1) is 6.92 Å².